The Balaban J connectivity index is 3.01. The molecule has 0 aliphatic heterocycles. The lowest BCUT2D eigenvalue weighted by molar-refractivity contribution is 0.0987. The molecular formula is C12H13O2. The van der Waals surface area contributed by atoms with Crippen molar-refractivity contribution in [2.75, 3.05) is 0 Å². The van der Waals surface area contributed by atoms with Crippen LogP contribution in [-0.4, -0.2) is 11.6 Å². The summed E-state index contributed by atoms with van der Waals surface area (Å²) in [5.74, 6) is 0.0832. The first-order chi connectivity index (χ1) is 6.69. The second-order valence-electron chi connectivity index (χ2n) is 3.04. The van der Waals surface area contributed by atoms with E-state index in [1.54, 1.807) is 32.0 Å². The highest BCUT2D eigenvalue weighted by Gasteiger charge is 2.07. The van der Waals surface area contributed by atoms with Crippen molar-refractivity contribution in [3.63, 3.8) is 0 Å². The van der Waals surface area contributed by atoms with Gasteiger partial charge in [0.15, 0.2) is 11.6 Å². The molecular weight excluding hydrogens is 176 g/mol. The number of hydrogen-bond donors (Lipinski definition) is 0. The summed E-state index contributed by atoms with van der Waals surface area (Å²) < 4.78 is 0. The van der Waals surface area contributed by atoms with Gasteiger partial charge in [0.2, 0.25) is 0 Å². The van der Waals surface area contributed by atoms with Crippen molar-refractivity contribution >= 4 is 11.6 Å². The van der Waals surface area contributed by atoms with Gasteiger partial charge in [0.1, 0.15) is 0 Å². The van der Waals surface area contributed by atoms with E-state index in [4.69, 9.17) is 0 Å². The molecule has 14 heavy (non-hydrogen) atoms. The number of ketones is 2. The minimum Gasteiger partial charge on any atom is -0.294 e. The number of carbonyl (C=O) groups excluding carboxylic acids is 2. The van der Waals surface area contributed by atoms with Gasteiger partial charge in [0.25, 0.3) is 0 Å². The largest absolute Gasteiger partial charge is 0.294 e. The van der Waals surface area contributed by atoms with E-state index in [0.717, 1.165) is 0 Å². The lowest BCUT2D eigenvalue weighted by atomic mass is 10.0. The third kappa shape index (κ3) is 2.28. The van der Waals surface area contributed by atoms with Crippen LogP contribution in [-0.2, 0) is 0 Å². The summed E-state index contributed by atoms with van der Waals surface area (Å²) in [6.07, 6.45) is 0.907. The molecule has 1 aromatic carbocycles. The molecule has 1 radical (unpaired) electrons. The summed E-state index contributed by atoms with van der Waals surface area (Å²) in [5, 5.41) is 0. The molecule has 2 nitrogen and oxygen atoms in total. The topological polar surface area (TPSA) is 34.1 Å². The van der Waals surface area contributed by atoms with E-state index in [1.165, 1.54) is 0 Å². The Morgan fingerprint density at radius 3 is 2.43 bits per heavy atom. The Kier molecular flexibility index (Phi) is 3.57. The maximum absolute atomic E-state index is 11.4. The normalized spacial score (nSPS) is 9.86. The van der Waals surface area contributed by atoms with Gasteiger partial charge in [0.05, 0.1) is 0 Å². The number of hydrogen-bond acceptors (Lipinski definition) is 2. The summed E-state index contributed by atoms with van der Waals surface area (Å²) in [5.41, 5.74) is 1.11. The van der Waals surface area contributed by atoms with Crippen LogP contribution in [0.15, 0.2) is 18.2 Å². The van der Waals surface area contributed by atoms with Crippen molar-refractivity contribution in [2.24, 2.45) is 0 Å². The SMILES string of the molecule is CCC(=O)c1[c]ccc(C(=O)CC)c1. The van der Waals surface area contributed by atoms with Gasteiger partial charge in [0, 0.05) is 24.0 Å². The summed E-state index contributed by atoms with van der Waals surface area (Å²) in [6, 6.07) is 7.78. The van der Waals surface area contributed by atoms with Crippen LogP contribution < -0.4 is 0 Å². The van der Waals surface area contributed by atoms with Crippen LogP contribution in [0.25, 0.3) is 0 Å². The van der Waals surface area contributed by atoms with E-state index in [0.29, 0.717) is 24.0 Å². The molecule has 0 saturated heterocycles. The van der Waals surface area contributed by atoms with Crippen molar-refractivity contribution in [2.45, 2.75) is 26.7 Å². The Bertz CT molecular complexity index is 322. The van der Waals surface area contributed by atoms with Crippen LogP contribution in [0.5, 0.6) is 0 Å². The van der Waals surface area contributed by atoms with Gasteiger partial charge in [-0.3, -0.25) is 9.59 Å². The van der Waals surface area contributed by atoms with Gasteiger partial charge >= 0.3 is 0 Å². The van der Waals surface area contributed by atoms with E-state index in [2.05, 4.69) is 6.07 Å². The summed E-state index contributed by atoms with van der Waals surface area (Å²) in [6.45, 7) is 3.60. The predicted molar refractivity (Wildman–Crippen MR) is 54.5 cm³/mol. The lowest BCUT2D eigenvalue weighted by Crippen LogP contribution is -2.01. The average Bonchev–Trinajstić information content (AvgIpc) is 2.27. The Hall–Kier alpha value is -1.44. The maximum Gasteiger partial charge on any atom is 0.163 e. The molecule has 1 rings (SSSR count). The van der Waals surface area contributed by atoms with Gasteiger partial charge in [-0.25, -0.2) is 0 Å². The first-order valence-corrected chi connectivity index (χ1v) is 4.77. The van der Waals surface area contributed by atoms with Crippen molar-refractivity contribution in [3.05, 3.63) is 35.4 Å². The quantitative estimate of drug-likeness (QED) is 0.682. The molecule has 0 aromatic heterocycles. The van der Waals surface area contributed by atoms with Gasteiger partial charge in [-0.2, -0.15) is 0 Å². The fraction of sp³-hybridized carbons (Fsp3) is 0.333. The summed E-state index contributed by atoms with van der Waals surface area (Å²) in [7, 11) is 0. The Labute approximate surface area is 83.9 Å². The van der Waals surface area contributed by atoms with Crippen LogP contribution in [0.4, 0.5) is 0 Å². The van der Waals surface area contributed by atoms with Crippen LogP contribution >= 0.6 is 0 Å². The van der Waals surface area contributed by atoms with Crippen LogP contribution in [0, 0.1) is 6.07 Å². The molecule has 0 amide bonds. The second-order valence-corrected chi connectivity index (χ2v) is 3.04. The van der Waals surface area contributed by atoms with Crippen molar-refractivity contribution < 1.29 is 9.59 Å². The first-order valence-electron chi connectivity index (χ1n) is 4.77. The fourth-order valence-electron chi connectivity index (χ4n) is 1.20. The molecule has 0 spiro atoms. The molecule has 0 aliphatic rings. The lowest BCUT2D eigenvalue weighted by Gasteiger charge is -2.00. The zero-order valence-electron chi connectivity index (χ0n) is 8.46. The van der Waals surface area contributed by atoms with Gasteiger partial charge in [-0.15, -0.1) is 0 Å². The van der Waals surface area contributed by atoms with Gasteiger partial charge < -0.3 is 0 Å². The summed E-state index contributed by atoms with van der Waals surface area (Å²) >= 11 is 0. The maximum atomic E-state index is 11.4. The molecule has 0 fully saturated rings. The third-order valence-corrected chi connectivity index (χ3v) is 2.07. The third-order valence-electron chi connectivity index (χ3n) is 2.07. The molecule has 2 heteroatoms. The molecule has 0 bridgehead atoms. The van der Waals surface area contributed by atoms with E-state index < -0.39 is 0 Å². The molecule has 0 unspecified atom stereocenters. The van der Waals surface area contributed by atoms with Gasteiger partial charge in [-0.05, 0) is 12.1 Å². The second kappa shape index (κ2) is 4.70. The monoisotopic (exact) mass is 189 g/mol. The first kappa shape index (κ1) is 10.6. The highest BCUT2D eigenvalue weighted by molar-refractivity contribution is 6.00. The Morgan fingerprint density at radius 2 is 1.86 bits per heavy atom. The van der Waals surface area contributed by atoms with Crippen molar-refractivity contribution in [1.29, 1.82) is 0 Å². The van der Waals surface area contributed by atoms with E-state index in [1.807, 2.05) is 0 Å². The molecule has 0 aliphatic carbocycles. The molecule has 73 valence electrons. The van der Waals surface area contributed by atoms with Crippen LogP contribution in [0.3, 0.4) is 0 Å². The molecule has 0 N–H and O–H groups in total. The van der Waals surface area contributed by atoms with E-state index >= 15 is 0 Å². The summed E-state index contributed by atoms with van der Waals surface area (Å²) in [4.78, 5) is 22.7. The minimum absolute atomic E-state index is 0.0238. The highest BCUT2D eigenvalue weighted by Crippen LogP contribution is 2.09. The van der Waals surface area contributed by atoms with E-state index in [9.17, 15) is 9.59 Å². The molecule has 0 atom stereocenters. The number of carbonyl (C=O) groups is 2. The average molecular weight is 189 g/mol. The molecule has 0 heterocycles. The Morgan fingerprint density at radius 1 is 1.21 bits per heavy atom. The standard InChI is InChI=1S/C12H13O2/c1-3-11(13)9-6-5-7-10(8-9)12(14)4-2/h5-6,8H,3-4H2,1-2H3. The fourth-order valence-corrected chi connectivity index (χ4v) is 1.20. The highest BCUT2D eigenvalue weighted by atomic mass is 16.1. The predicted octanol–water partition coefficient (Wildman–Crippen LogP) is 2.67. The number of rotatable bonds is 4. The number of benzene rings is 1. The van der Waals surface area contributed by atoms with Crippen LogP contribution in [0.1, 0.15) is 47.4 Å². The minimum atomic E-state index is 0.0238. The number of Topliss-reactive ketones (excluding diaryl/α,β-unsaturated/α-hetero) is 2. The molecule has 0 saturated carbocycles. The van der Waals surface area contributed by atoms with Crippen molar-refractivity contribution in [3.8, 4) is 0 Å². The van der Waals surface area contributed by atoms with E-state index in [-0.39, 0.29) is 11.6 Å². The van der Waals surface area contributed by atoms with Crippen LogP contribution in [0.2, 0.25) is 0 Å². The zero-order chi connectivity index (χ0) is 10.6. The van der Waals surface area contributed by atoms with Crippen molar-refractivity contribution in [1.82, 2.24) is 0 Å². The zero-order valence-corrected chi connectivity index (χ0v) is 8.46. The van der Waals surface area contributed by atoms with Gasteiger partial charge in [-0.1, -0.05) is 26.0 Å². The smallest absolute Gasteiger partial charge is 0.163 e. The molecule has 1 aromatic rings.